The average Bonchev–Trinajstić information content (AvgIpc) is 3.29. The number of rotatable bonds is 8. The highest BCUT2D eigenvalue weighted by atomic mass is 19.1. The monoisotopic (exact) mass is 462 g/mol. The number of hydrogen-bond acceptors (Lipinski definition) is 4. The van der Waals surface area contributed by atoms with Crippen molar-refractivity contribution in [1.82, 2.24) is 20.5 Å². The molecule has 4 aromatic rings. The fraction of sp³-hybridized carbons (Fsp3) is 0.192. The number of benzene rings is 2. The Kier molecular flexibility index (Phi) is 7.08. The quantitative estimate of drug-likeness (QED) is 0.359. The van der Waals surface area contributed by atoms with Gasteiger partial charge in [-0.2, -0.15) is 5.10 Å². The zero-order valence-electron chi connectivity index (χ0n) is 18.5. The van der Waals surface area contributed by atoms with Gasteiger partial charge in [-0.3, -0.25) is 14.9 Å². The van der Waals surface area contributed by atoms with Crippen LogP contribution in [0, 0.1) is 11.6 Å². The van der Waals surface area contributed by atoms with Gasteiger partial charge >= 0.3 is 0 Å². The van der Waals surface area contributed by atoms with Crippen molar-refractivity contribution in [2.75, 3.05) is 0 Å². The molecule has 0 saturated carbocycles. The van der Waals surface area contributed by atoms with Gasteiger partial charge in [0.05, 0.1) is 23.1 Å². The number of carbonyl (C=O) groups is 1. The number of carbonyl (C=O) groups excluding carboxylic acids is 1. The highest BCUT2D eigenvalue weighted by Crippen LogP contribution is 2.29. The normalized spacial score (nSPS) is 12.8. The smallest absolute Gasteiger partial charge is 0.252 e. The fourth-order valence-corrected chi connectivity index (χ4v) is 3.84. The summed E-state index contributed by atoms with van der Waals surface area (Å²) >= 11 is 0. The maximum Gasteiger partial charge on any atom is 0.252 e. The number of pyridine rings is 1. The van der Waals surface area contributed by atoms with Crippen molar-refractivity contribution >= 4 is 5.91 Å². The minimum absolute atomic E-state index is 0.0782. The lowest BCUT2D eigenvalue weighted by Crippen LogP contribution is -2.39. The van der Waals surface area contributed by atoms with Crippen molar-refractivity contribution in [2.45, 2.75) is 31.9 Å². The topological polar surface area (TPSA) is 90.9 Å². The molecule has 0 aliphatic heterocycles. The molecule has 0 aliphatic carbocycles. The summed E-state index contributed by atoms with van der Waals surface area (Å²) in [7, 11) is 0. The van der Waals surface area contributed by atoms with Crippen LogP contribution in [0.25, 0.3) is 22.5 Å². The highest BCUT2D eigenvalue weighted by Gasteiger charge is 2.22. The van der Waals surface area contributed by atoms with Gasteiger partial charge in [-0.05, 0) is 67.9 Å². The minimum atomic E-state index is -0.646. The third kappa shape index (κ3) is 5.52. The van der Waals surface area contributed by atoms with Crippen LogP contribution in [-0.2, 0) is 6.42 Å². The zero-order valence-corrected chi connectivity index (χ0v) is 18.5. The fourth-order valence-electron chi connectivity index (χ4n) is 3.84. The van der Waals surface area contributed by atoms with Gasteiger partial charge in [0, 0.05) is 35.5 Å². The van der Waals surface area contributed by atoms with Crippen LogP contribution < -0.4 is 5.32 Å². The molecule has 174 valence electrons. The first kappa shape index (κ1) is 23.3. The predicted molar refractivity (Wildman–Crippen MR) is 125 cm³/mol. The molecule has 2 heterocycles. The summed E-state index contributed by atoms with van der Waals surface area (Å²) in [6.07, 6.45) is 1.75. The molecule has 0 spiro atoms. The van der Waals surface area contributed by atoms with Crippen molar-refractivity contribution in [2.24, 2.45) is 0 Å². The number of nitrogens with zero attached hydrogens (tertiary/aromatic N) is 2. The molecule has 3 N–H and O–H groups in total. The van der Waals surface area contributed by atoms with E-state index in [9.17, 15) is 18.7 Å². The van der Waals surface area contributed by atoms with E-state index in [2.05, 4.69) is 20.5 Å². The maximum absolute atomic E-state index is 14.9. The summed E-state index contributed by atoms with van der Waals surface area (Å²) in [5.41, 5.74) is 2.44. The zero-order chi connectivity index (χ0) is 24.1. The second kappa shape index (κ2) is 10.4. The molecule has 2 aromatic heterocycles. The number of aromatic nitrogens is 3. The van der Waals surface area contributed by atoms with Crippen LogP contribution in [0.3, 0.4) is 0 Å². The summed E-state index contributed by atoms with van der Waals surface area (Å²) in [5, 5.41) is 19.8. The van der Waals surface area contributed by atoms with Crippen molar-refractivity contribution in [1.29, 1.82) is 0 Å². The van der Waals surface area contributed by atoms with Crippen LogP contribution in [-0.4, -0.2) is 38.3 Å². The highest BCUT2D eigenvalue weighted by molar-refractivity contribution is 6.01. The number of aromatic amines is 1. The summed E-state index contributed by atoms with van der Waals surface area (Å²) in [5.74, 6) is -1.43. The van der Waals surface area contributed by atoms with E-state index in [0.29, 0.717) is 29.8 Å². The van der Waals surface area contributed by atoms with Gasteiger partial charge in [-0.1, -0.05) is 12.1 Å². The molecule has 2 atom stereocenters. The number of amides is 1. The van der Waals surface area contributed by atoms with E-state index in [1.165, 1.54) is 30.3 Å². The van der Waals surface area contributed by atoms with E-state index in [0.717, 1.165) is 5.69 Å². The van der Waals surface area contributed by atoms with Crippen LogP contribution >= 0.6 is 0 Å². The molecule has 0 bridgehead atoms. The first-order valence-corrected chi connectivity index (χ1v) is 10.9. The number of aliphatic hydroxyl groups excluding tert-OH is 1. The standard InChI is InChI=1S/C26H24F2N4O2/c1-16(33)13-20(14-19-5-2-3-12-29-19)30-26(34)21-6-4-7-22(28)25(21)24-15-23(31-32-24)17-8-10-18(27)11-9-17/h2-12,15-16,20,33H,13-14H2,1H3,(H,30,34)(H,31,32)/t16-,20-/m0/s1. The molecule has 0 unspecified atom stereocenters. The van der Waals surface area contributed by atoms with Crippen molar-refractivity contribution in [3.8, 4) is 22.5 Å². The van der Waals surface area contributed by atoms with Crippen molar-refractivity contribution in [3.05, 3.63) is 95.8 Å². The van der Waals surface area contributed by atoms with E-state index < -0.39 is 23.9 Å². The molecule has 6 nitrogen and oxygen atoms in total. The lowest BCUT2D eigenvalue weighted by molar-refractivity contribution is 0.0917. The van der Waals surface area contributed by atoms with Crippen LogP contribution in [0.15, 0.2) is 72.9 Å². The van der Waals surface area contributed by atoms with Gasteiger partial charge in [0.1, 0.15) is 11.6 Å². The van der Waals surface area contributed by atoms with Gasteiger partial charge in [-0.15, -0.1) is 0 Å². The van der Waals surface area contributed by atoms with Crippen LogP contribution in [0.4, 0.5) is 8.78 Å². The minimum Gasteiger partial charge on any atom is -0.393 e. The second-order valence-corrected chi connectivity index (χ2v) is 8.12. The summed E-state index contributed by atoms with van der Waals surface area (Å²) in [4.78, 5) is 17.5. The molecule has 2 aromatic carbocycles. The van der Waals surface area contributed by atoms with E-state index >= 15 is 0 Å². The Bertz CT molecular complexity index is 1260. The third-order valence-electron chi connectivity index (χ3n) is 5.39. The Labute approximate surface area is 195 Å². The molecule has 34 heavy (non-hydrogen) atoms. The molecule has 0 saturated heterocycles. The molecule has 8 heteroatoms. The van der Waals surface area contributed by atoms with E-state index in [-0.39, 0.29) is 16.9 Å². The third-order valence-corrected chi connectivity index (χ3v) is 5.39. The van der Waals surface area contributed by atoms with E-state index in [1.54, 1.807) is 37.4 Å². The number of H-pyrrole nitrogens is 1. The molecule has 0 radical (unpaired) electrons. The maximum atomic E-state index is 14.9. The number of aliphatic hydroxyl groups is 1. The van der Waals surface area contributed by atoms with Crippen molar-refractivity contribution in [3.63, 3.8) is 0 Å². The van der Waals surface area contributed by atoms with Gasteiger partial charge in [0.25, 0.3) is 5.91 Å². The number of nitrogens with one attached hydrogen (secondary N) is 2. The van der Waals surface area contributed by atoms with E-state index in [4.69, 9.17) is 0 Å². The lowest BCUT2D eigenvalue weighted by Gasteiger charge is -2.21. The second-order valence-electron chi connectivity index (χ2n) is 8.12. The van der Waals surface area contributed by atoms with Gasteiger partial charge in [0.15, 0.2) is 0 Å². The summed E-state index contributed by atoms with van der Waals surface area (Å²) < 4.78 is 28.2. The SMILES string of the molecule is C[C@H](O)C[C@@H](Cc1ccccn1)NC(=O)c1cccc(F)c1-c1cc(-c2ccc(F)cc2)n[nH]1. The van der Waals surface area contributed by atoms with Crippen LogP contribution in [0.1, 0.15) is 29.4 Å². The Morgan fingerprint density at radius 2 is 1.88 bits per heavy atom. The molecule has 1 amide bonds. The van der Waals surface area contributed by atoms with Gasteiger partial charge in [-0.25, -0.2) is 8.78 Å². The van der Waals surface area contributed by atoms with Crippen LogP contribution in [0.2, 0.25) is 0 Å². The first-order valence-electron chi connectivity index (χ1n) is 10.9. The Hall–Kier alpha value is -3.91. The first-order chi connectivity index (χ1) is 16.4. The van der Waals surface area contributed by atoms with Crippen molar-refractivity contribution < 1.29 is 18.7 Å². The Morgan fingerprint density at radius 3 is 2.59 bits per heavy atom. The molecule has 0 aliphatic rings. The molecular weight excluding hydrogens is 438 g/mol. The molecule has 0 fully saturated rings. The number of halogens is 2. The number of hydrogen-bond donors (Lipinski definition) is 3. The van der Waals surface area contributed by atoms with Crippen LogP contribution in [0.5, 0.6) is 0 Å². The van der Waals surface area contributed by atoms with Gasteiger partial charge < -0.3 is 10.4 Å². The molecule has 4 rings (SSSR count). The Balaban J connectivity index is 1.62. The molecular formula is C26H24F2N4O2. The Morgan fingerprint density at radius 1 is 1.09 bits per heavy atom. The predicted octanol–water partition coefficient (Wildman–Crippen LogP) is 4.53. The lowest BCUT2D eigenvalue weighted by atomic mass is 10.00. The van der Waals surface area contributed by atoms with Gasteiger partial charge in [0.2, 0.25) is 0 Å². The largest absolute Gasteiger partial charge is 0.393 e. The van der Waals surface area contributed by atoms with E-state index in [1.807, 2.05) is 12.1 Å². The summed E-state index contributed by atoms with van der Waals surface area (Å²) in [6, 6.07) is 16.7. The average molecular weight is 463 g/mol. The summed E-state index contributed by atoms with van der Waals surface area (Å²) in [6.45, 7) is 1.65.